The predicted octanol–water partition coefficient (Wildman–Crippen LogP) is 5.91. The summed E-state index contributed by atoms with van der Waals surface area (Å²) in [5.41, 5.74) is 8.30. The van der Waals surface area contributed by atoms with Crippen LogP contribution < -0.4 is 5.73 Å². The number of benzene rings is 1. The number of unbranched alkanes of at least 4 members (excludes halogenated alkanes) is 1. The number of halogens is 2. The minimum atomic E-state index is 0.273. The van der Waals surface area contributed by atoms with Crippen LogP contribution >= 0.6 is 23.2 Å². The summed E-state index contributed by atoms with van der Waals surface area (Å²) in [6.07, 6.45) is 4.31. The fourth-order valence-electron chi connectivity index (χ4n) is 2.57. The molecule has 1 aromatic carbocycles. The molecular weight excluding hydrogens is 307 g/mol. The zero-order chi connectivity index (χ0) is 15.4. The van der Waals surface area contributed by atoms with E-state index in [1.165, 1.54) is 0 Å². The maximum absolute atomic E-state index is 6.31. The van der Waals surface area contributed by atoms with Gasteiger partial charge in [0.1, 0.15) is 0 Å². The molecule has 1 aromatic heterocycles. The van der Waals surface area contributed by atoms with Gasteiger partial charge in [0.05, 0.1) is 21.3 Å². The van der Waals surface area contributed by atoms with Crippen LogP contribution in [-0.4, -0.2) is 5.16 Å². The molecule has 0 bridgehead atoms. The largest absolute Gasteiger partial charge is 0.367 e. The SMILES string of the molecule is CCCCC(CC)c1noc(N)c1-c1c(Cl)cccc1Cl. The van der Waals surface area contributed by atoms with Gasteiger partial charge in [-0.05, 0) is 25.0 Å². The van der Waals surface area contributed by atoms with Gasteiger partial charge in [-0.2, -0.15) is 0 Å². The van der Waals surface area contributed by atoms with Gasteiger partial charge < -0.3 is 10.3 Å². The molecular formula is C16H20Cl2N2O. The van der Waals surface area contributed by atoms with Crippen molar-refractivity contribution in [2.24, 2.45) is 0 Å². The Morgan fingerprint density at radius 2 is 1.86 bits per heavy atom. The Morgan fingerprint density at radius 1 is 1.19 bits per heavy atom. The number of hydrogen-bond donors (Lipinski definition) is 1. The van der Waals surface area contributed by atoms with E-state index in [4.69, 9.17) is 33.5 Å². The van der Waals surface area contributed by atoms with Crippen LogP contribution in [0.3, 0.4) is 0 Å². The average molecular weight is 327 g/mol. The minimum Gasteiger partial charge on any atom is -0.367 e. The topological polar surface area (TPSA) is 52.0 Å². The summed E-state index contributed by atoms with van der Waals surface area (Å²) in [5.74, 6) is 0.572. The molecule has 21 heavy (non-hydrogen) atoms. The Labute approximate surface area is 135 Å². The Morgan fingerprint density at radius 3 is 2.43 bits per heavy atom. The second-order valence-corrected chi connectivity index (χ2v) is 5.97. The summed E-state index contributed by atoms with van der Waals surface area (Å²) in [5, 5.41) is 5.30. The monoisotopic (exact) mass is 326 g/mol. The van der Waals surface area contributed by atoms with Crippen LogP contribution in [0.5, 0.6) is 0 Å². The van der Waals surface area contributed by atoms with E-state index in [1.807, 2.05) is 6.07 Å². The van der Waals surface area contributed by atoms with E-state index in [9.17, 15) is 0 Å². The summed E-state index contributed by atoms with van der Waals surface area (Å²) >= 11 is 12.6. The third-order valence-corrected chi connectivity index (χ3v) is 4.37. The maximum Gasteiger partial charge on any atom is 0.230 e. The Bertz CT molecular complexity index is 590. The smallest absolute Gasteiger partial charge is 0.230 e. The van der Waals surface area contributed by atoms with Crippen molar-refractivity contribution < 1.29 is 4.52 Å². The predicted molar refractivity (Wildman–Crippen MR) is 88.9 cm³/mol. The number of nitrogen functional groups attached to an aromatic ring is 1. The van der Waals surface area contributed by atoms with Crippen molar-refractivity contribution >= 4 is 29.1 Å². The molecule has 1 unspecified atom stereocenters. The molecule has 0 spiro atoms. The number of nitrogens with two attached hydrogens (primary N) is 1. The van der Waals surface area contributed by atoms with Crippen LogP contribution in [-0.2, 0) is 0 Å². The van der Waals surface area contributed by atoms with Crippen molar-refractivity contribution in [3.63, 3.8) is 0 Å². The molecule has 2 aromatic rings. The quantitative estimate of drug-likeness (QED) is 0.717. The van der Waals surface area contributed by atoms with Crippen molar-refractivity contribution in [3.8, 4) is 11.1 Å². The average Bonchev–Trinajstić information content (AvgIpc) is 2.82. The molecule has 2 N–H and O–H groups in total. The lowest BCUT2D eigenvalue weighted by Gasteiger charge is -2.14. The van der Waals surface area contributed by atoms with Gasteiger partial charge in [0, 0.05) is 11.5 Å². The van der Waals surface area contributed by atoms with Gasteiger partial charge in [0.15, 0.2) is 0 Å². The summed E-state index contributed by atoms with van der Waals surface area (Å²) in [4.78, 5) is 0. The summed E-state index contributed by atoms with van der Waals surface area (Å²) in [6.45, 7) is 4.32. The highest BCUT2D eigenvalue weighted by Crippen LogP contribution is 2.43. The van der Waals surface area contributed by atoms with E-state index >= 15 is 0 Å². The fraction of sp³-hybridized carbons (Fsp3) is 0.438. The van der Waals surface area contributed by atoms with Crippen LogP contribution in [0.25, 0.3) is 11.1 Å². The minimum absolute atomic E-state index is 0.273. The number of rotatable bonds is 6. The van der Waals surface area contributed by atoms with Crippen LogP contribution in [0, 0.1) is 0 Å². The molecule has 0 saturated heterocycles. The van der Waals surface area contributed by atoms with Crippen LogP contribution in [0.1, 0.15) is 51.1 Å². The van der Waals surface area contributed by atoms with Crippen LogP contribution in [0.2, 0.25) is 10.0 Å². The van der Waals surface area contributed by atoms with E-state index in [0.29, 0.717) is 21.5 Å². The number of hydrogen-bond acceptors (Lipinski definition) is 3. The first-order chi connectivity index (χ1) is 10.1. The first kappa shape index (κ1) is 16.2. The summed E-state index contributed by atoms with van der Waals surface area (Å²) in [7, 11) is 0. The zero-order valence-electron chi connectivity index (χ0n) is 12.3. The molecule has 114 valence electrons. The molecule has 3 nitrogen and oxygen atoms in total. The highest BCUT2D eigenvalue weighted by Gasteiger charge is 2.25. The standard InChI is InChI=1S/C16H20Cl2N2O/c1-3-5-7-10(4-2)15-14(16(19)21-20-15)13-11(17)8-6-9-12(13)18/h6,8-10H,3-5,7,19H2,1-2H3. The molecule has 0 aliphatic carbocycles. The van der Waals surface area contributed by atoms with Gasteiger partial charge in [0.25, 0.3) is 0 Å². The lowest BCUT2D eigenvalue weighted by Crippen LogP contribution is -2.01. The number of aromatic nitrogens is 1. The first-order valence-electron chi connectivity index (χ1n) is 7.29. The van der Waals surface area contributed by atoms with Gasteiger partial charge in [-0.1, -0.05) is 61.1 Å². The molecule has 0 saturated carbocycles. The zero-order valence-corrected chi connectivity index (χ0v) is 13.8. The molecule has 1 heterocycles. The Kier molecular flexibility index (Phi) is 5.54. The Hall–Kier alpha value is -1.19. The molecule has 1 atom stereocenters. The van der Waals surface area contributed by atoms with Crippen LogP contribution in [0.15, 0.2) is 22.7 Å². The van der Waals surface area contributed by atoms with Crippen molar-refractivity contribution in [2.45, 2.75) is 45.4 Å². The lowest BCUT2D eigenvalue weighted by molar-refractivity contribution is 0.412. The third kappa shape index (κ3) is 3.35. The highest BCUT2D eigenvalue weighted by molar-refractivity contribution is 6.39. The van der Waals surface area contributed by atoms with Gasteiger partial charge in [-0.3, -0.25) is 0 Å². The van der Waals surface area contributed by atoms with E-state index in [-0.39, 0.29) is 5.88 Å². The van der Waals surface area contributed by atoms with Crippen molar-refractivity contribution in [2.75, 3.05) is 5.73 Å². The molecule has 0 fully saturated rings. The van der Waals surface area contributed by atoms with E-state index in [2.05, 4.69) is 19.0 Å². The second kappa shape index (κ2) is 7.19. The van der Waals surface area contributed by atoms with E-state index in [1.54, 1.807) is 12.1 Å². The lowest BCUT2D eigenvalue weighted by atomic mass is 9.91. The van der Waals surface area contributed by atoms with Crippen molar-refractivity contribution in [1.29, 1.82) is 0 Å². The first-order valence-corrected chi connectivity index (χ1v) is 8.05. The van der Waals surface area contributed by atoms with Gasteiger partial charge in [-0.15, -0.1) is 0 Å². The third-order valence-electron chi connectivity index (χ3n) is 3.74. The molecule has 2 rings (SSSR count). The van der Waals surface area contributed by atoms with Gasteiger partial charge >= 0.3 is 0 Å². The Balaban J connectivity index is 2.52. The molecule has 0 radical (unpaired) electrons. The van der Waals surface area contributed by atoms with Crippen LogP contribution in [0.4, 0.5) is 5.88 Å². The number of anilines is 1. The summed E-state index contributed by atoms with van der Waals surface area (Å²) < 4.78 is 5.23. The highest BCUT2D eigenvalue weighted by atomic mass is 35.5. The maximum atomic E-state index is 6.31. The summed E-state index contributed by atoms with van der Waals surface area (Å²) in [6, 6.07) is 5.41. The molecule has 5 heteroatoms. The normalized spacial score (nSPS) is 12.6. The second-order valence-electron chi connectivity index (χ2n) is 5.15. The molecule has 0 aliphatic rings. The molecule has 0 amide bonds. The van der Waals surface area contributed by atoms with E-state index in [0.717, 1.165) is 36.9 Å². The van der Waals surface area contributed by atoms with Crippen molar-refractivity contribution in [3.05, 3.63) is 33.9 Å². The van der Waals surface area contributed by atoms with Gasteiger partial charge in [-0.25, -0.2) is 0 Å². The fourth-order valence-corrected chi connectivity index (χ4v) is 3.15. The van der Waals surface area contributed by atoms with E-state index < -0.39 is 0 Å². The number of nitrogens with zero attached hydrogens (tertiary/aromatic N) is 1. The molecule has 0 aliphatic heterocycles. The van der Waals surface area contributed by atoms with Crippen molar-refractivity contribution in [1.82, 2.24) is 5.16 Å². The van der Waals surface area contributed by atoms with Gasteiger partial charge in [0.2, 0.25) is 5.88 Å².